The van der Waals surface area contributed by atoms with E-state index in [1.54, 1.807) is 6.07 Å². The lowest BCUT2D eigenvalue weighted by molar-refractivity contribution is -0.144. The Bertz CT molecular complexity index is 1050. The number of rotatable bonds is 4. The van der Waals surface area contributed by atoms with Gasteiger partial charge in [0.25, 0.3) is 5.56 Å². The van der Waals surface area contributed by atoms with Gasteiger partial charge in [0, 0.05) is 11.8 Å². The second-order valence-electron chi connectivity index (χ2n) is 7.28. The van der Waals surface area contributed by atoms with E-state index in [2.05, 4.69) is 9.38 Å². The van der Waals surface area contributed by atoms with Crippen molar-refractivity contribution in [2.45, 2.75) is 57.8 Å². The van der Waals surface area contributed by atoms with Crippen LogP contribution in [0.2, 0.25) is 0 Å². The molecule has 27 heavy (non-hydrogen) atoms. The lowest BCUT2D eigenvalue weighted by Gasteiger charge is -2.22. The molecule has 0 aliphatic heterocycles. The van der Waals surface area contributed by atoms with Crippen LogP contribution >= 0.6 is 11.3 Å². The maximum absolute atomic E-state index is 12.2. The zero-order chi connectivity index (χ0) is 19.0. The van der Waals surface area contributed by atoms with Crippen LogP contribution < -0.4 is 5.56 Å². The summed E-state index contributed by atoms with van der Waals surface area (Å²) in [5.41, 5.74) is 2.90. The number of aromatic nitrogens is 2. The standard InChI is InChI=1S/C21H24N2O3S/c1-3-26-20(25)13(2)15-9-10-16-18(11-15)27-21-22-19(24)12-17(23(16)21)14-7-5-4-6-8-14/h9-14H,3-8H2,1-2H3. The molecule has 1 saturated carbocycles. The molecule has 1 atom stereocenters. The van der Waals surface area contributed by atoms with Crippen LogP contribution in [0.5, 0.6) is 0 Å². The minimum absolute atomic E-state index is 0.165. The molecule has 1 aliphatic carbocycles. The first-order valence-electron chi connectivity index (χ1n) is 9.71. The van der Waals surface area contributed by atoms with Gasteiger partial charge in [0.1, 0.15) is 0 Å². The summed E-state index contributed by atoms with van der Waals surface area (Å²) in [7, 11) is 0. The van der Waals surface area contributed by atoms with Crippen molar-refractivity contribution >= 4 is 32.5 Å². The molecule has 0 N–H and O–H groups in total. The third-order valence-corrected chi connectivity index (χ3v) is 6.52. The van der Waals surface area contributed by atoms with Crippen LogP contribution in [0.15, 0.2) is 29.1 Å². The van der Waals surface area contributed by atoms with Gasteiger partial charge in [-0.3, -0.25) is 14.0 Å². The van der Waals surface area contributed by atoms with E-state index < -0.39 is 0 Å². The monoisotopic (exact) mass is 384 g/mol. The topological polar surface area (TPSA) is 60.7 Å². The number of carbonyl (C=O) groups is 1. The predicted molar refractivity (Wildman–Crippen MR) is 108 cm³/mol. The maximum Gasteiger partial charge on any atom is 0.313 e. The Morgan fingerprint density at radius 1 is 1.30 bits per heavy atom. The Morgan fingerprint density at radius 3 is 2.81 bits per heavy atom. The Kier molecular flexibility index (Phi) is 5.00. The maximum atomic E-state index is 12.2. The second-order valence-corrected chi connectivity index (χ2v) is 8.28. The number of benzene rings is 1. The molecule has 1 aliphatic rings. The third-order valence-electron chi connectivity index (χ3n) is 5.52. The Balaban J connectivity index is 1.83. The van der Waals surface area contributed by atoms with Gasteiger partial charge in [-0.2, -0.15) is 4.98 Å². The highest BCUT2D eigenvalue weighted by Crippen LogP contribution is 2.36. The molecule has 5 nitrogen and oxygen atoms in total. The first-order valence-corrected chi connectivity index (χ1v) is 10.5. The average molecular weight is 385 g/mol. The highest BCUT2D eigenvalue weighted by molar-refractivity contribution is 7.23. The van der Waals surface area contributed by atoms with Gasteiger partial charge in [0.05, 0.1) is 22.7 Å². The molecule has 0 radical (unpaired) electrons. The Morgan fingerprint density at radius 2 is 2.07 bits per heavy atom. The summed E-state index contributed by atoms with van der Waals surface area (Å²) in [6.07, 6.45) is 5.96. The fourth-order valence-electron chi connectivity index (χ4n) is 4.06. The van der Waals surface area contributed by atoms with Gasteiger partial charge in [-0.05, 0) is 50.3 Å². The molecule has 1 unspecified atom stereocenters. The van der Waals surface area contributed by atoms with Gasteiger partial charge in [0.2, 0.25) is 0 Å². The number of fused-ring (bicyclic) bond motifs is 3. The summed E-state index contributed by atoms with van der Waals surface area (Å²) < 4.78 is 8.34. The van der Waals surface area contributed by atoms with Gasteiger partial charge in [0.15, 0.2) is 4.96 Å². The molecule has 3 aromatic rings. The van der Waals surface area contributed by atoms with E-state index in [9.17, 15) is 9.59 Å². The summed E-state index contributed by atoms with van der Waals surface area (Å²) in [6.45, 7) is 4.06. The lowest BCUT2D eigenvalue weighted by Crippen LogP contribution is -2.15. The smallest absolute Gasteiger partial charge is 0.313 e. The van der Waals surface area contributed by atoms with Crippen molar-refractivity contribution in [2.24, 2.45) is 0 Å². The molecule has 142 valence electrons. The van der Waals surface area contributed by atoms with Crippen molar-refractivity contribution in [1.82, 2.24) is 9.38 Å². The van der Waals surface area contributed by atoms with Crippen LogP contribution in [0, 0.1) is 0 Å². The summed E-state index contributed by atoms with van der Waals surface area (Å²) in [5, 5.41) is 0. The number of esters is 1. The number of carbonyl (C=O) groups excluding carboxylic acids is 1. The Hall–Kier alpha value is -2.21. The van der Waals surface area contributed by atoms with Gasteiger partial charge in [-0.15, -0.1) is 0 Å². The third kappa shape index (κ3) is 3.38. The number of thiazole rings is 1. The van der Waals surface area contributed by atoms with Crippen molar-refractivity contribution in [3.05, 3.63) is 45.9 Å². The van der Waals surface area contributed by atoms with E-state index in [1.807, 2.05) is 32.0 Å². The first kappa shape index (κ1) is 18.2. The van der Waals surface area contributed by atoms with Crippen LogP contribution in [0.25, 0.3) is 15.2 Å². The summed E-state index contributed by atoms with van der Waals surface area (Å²) in [4.78, 5) is 29.2. The Labute approximate surface area is 162 Å². The van der Waals surface area contributed by atoms with Crippen LogP contribution in [-0.2, 0) is 9.53 Å². The highest BCUT2D eigenvalue weighted by Gasteiger charge is 2.22. The number of nitrogens with zero attached hydrogens (tertiary/aromatic N) is 2. The molecule has 0 amide bonds. The summed E-state index contributed by atoms with van der Waals surface area (Å²) in [6, 6.07) is 7.77. The minimum atomic E-state index is -0.314. The first-order chi connectivity index (χ1) is 13.1. The van der Waals surface area contributed by atoms with E-state index in [4.69, 9.17) is 4.74 Å². The van der Waals surface area contributed by atoms with E-state index in [0.29, 0.717) is 12.5 Å². The van der Waals surface area contributed by atoms with Gasteiger partial charge < -0.3 is 4.74 Å². The zero-order valence-corrected chi connectivity index (χ0v) is 16.6. The SMILES string of the molecule is CCOC(=O)C(C)c1ccc2c(c1)sc1nc(=O)cc(C3CCCCC3)n12. The molecule has 0 spiro atoms. The van der Waals surface area contributed by atoms with E-state index in [0.717, 1.165) is 39.3 Å². The van der Waals surface area contributed by atoms with Crippen molar-refractivity contribution in [3.8, 4) is 0 Å². The quantitative estimate of drug-likeness (QED) is 0.616. The molecule has 0 bridgehead atoms. The van der Waals surface area contributed by atoms with Gasteiger partial charge in [-0.25, -0.2) is 0 Å². The molecular formula is C21H24N2O3S. The lowest BCUT2D eigenvalue weighted by atomic mass is 9.86. The van der Waals surface area contributed by atoms with E-state index in [-0.39, 0.29) is 17.4 Å². The number of hydrogen-bond donors (Lipinski definition) is 0. The summed E-state index contributed by atoms with van der Waals surface area (Å²) in [5.74, 6) is -0.114. The van der Waals surface area contributed by atoms with Crippen LogP contribution in [0.1, 0.15) is 69.0 Å². The molecule has 1 aromatic carbocycles. The molecule has 0 saturated heterocycles. The molecule has 2 heterocycles. The van der Waals surface area contributed by atoms with E-state index >= 15 is 0 Å². The molecule has 2 aromatic heterocycles. The van der Waals surface area contributed by atoms with Gasteiger partial charge >= 0.3 is 5.97 Å². The molecule has 4 rings (SSSR count). The van der Waals surface area contributed by atoms with Crippen LogP contribution in [-0.4, -0.2) is 22.0 Å². The predicted octanol–water partition coefficient (Wildman–Crippen LogP) is 4.62. The largest absolute Gasteiger partial charge is 0.466 e. The minimum Gasteiger partial charge on any atom is -0.466 e. The second kappa shape index (κ2) is 7.43. The van der Waals surface area contributed by atoms with E-state index in [1.165, 1.54) is 30.6 Å². The number of ether oxygens (including phenoxy) is 1. The normalized spacial score (nSPS) is 16.7. The number of hydrogen-bond acceptors (Lipinski definition) is 5. The van der Waals surface area contributed by atoms with Crippen molar-refractivity contribution in [2.75, 3.05) is 6.61 Å². The zero-order valence-electron chi connectivity index (χ0n) is 15.7. The fraction of sp³-hybridized carbons (Fsp3) is 0.476. The highest BCUT2D eigenvalue weighted by atomic mass is 32.1. The van der Waals surface area contributed by atoms with Crippen molar-refractivity contribution < 1.29 is 9.53 Å². The molecular weight excluding hydrogens is 360 g/mol. The molecule has 6 heteroatoms. The van der Waals surface area contributed by atoms with Gasteiger partial charge in [-0.1, -0.05) is 36.7 Å². The fourth-order valence-corrected chi connectivity index (χ4v) is 5.14. The van der Waals surface area contributed by atoms with Crippen molar-refractivity contribution in [3.63, 3.8) is 0 Å². The average Bonchev–Trinajstić information content (AvgIpc) is 3.04. The van der Waals surface area contributed by atoms with Crippen LogP contribution in [0.3, 0.4) is 0 Å². The summed E-state index contributed by atoms with van der Waals surface area (Å²) >= 11 is 1.51. The molecule has 1 fully saturated rings. The van der Waals surface area contributed by atoms with Crippen molar-refractivity contribution in [1.29, 1.82) is 0 Å². The van der Waals surface area contributed by atoms with Crippen LogP contribution in [0.4, 0.5) is 0 Å².